The van der Waals surface area contributed by atoms with Crippen LogP contribution in [-0.4, -0.2) is 82.6 Å². The lowest BCUT2D eigenvalue weighted by Crippen LogP contribution is -2.46. The summed E-state index contributed by atoms with van der Waals surface area (Å²) in [6.45, 7) is 7.88. The third-order valence-electron chi connectivity index (χ3n) is 5.22. The zero-order chi connectivity index (χ0) is 19.3. The van der Waals surface area contributed by atoms with Gasteiger partial charge in [0, 0.05) is 51.7 Å². The lowest BCUT2D eigenvalue weighted by atomic mass is 10.2. The van der Waals surface area contributed by atoms with Crippen molar-refractivity contribution in [2.45, 2.75) is 26.0 Å². The smallest absolute Gasteiger partial charge is 0.275 e. The number of amides is 1. The van der Waals surface area contributed by atoms with Crippen molar-refractivity contribution in [3.8, 4) is 0 Å². The Hall–Kier alpha value is -2.52. The van der Waals surface area contributed by atoms with Gasteiger partial charge in [0.2, 0.25) is 11.8 Å². The van der Waals surface area contributed by atoms with Crippen LogP contribution < -0.4 is 4.90 Å². The van der Waals surface area contributed by atoms with Gasteiger partial charge in [-0.2, -0.15) is 0 Å². The van der Waals surface area contributed by atoms with Crippen molar-refractivity contribution in [2.75, 3.05) is 50.8 Å². The number of carbonyl (C=O) groups is 1. The lowest BCUT2D eigenvalue weighted by Gasteiger charge is -2.33. The fourth-order valence-electron chi connectivity index (χ4n) is 3.55. The molecule has 9 nitrogen and oxygen atoms in total. The standard InChI is InChI=1S/C19H26N6O3/c1-2-15-12-25(10-11-27-15)18(26)16-14-28-17(22-16)13-23-6-8-24(9-7-23)19-20-4-3-5-21-19/h3-5,14-15H,2,6-13H2,1H3. The van der Waals surface area contributed by atoms with E-state index in [0.717, 1.165) is 38.5 Å². The summed E-state index contributed by atoms with van der Waals surface area (Å²) in [6.07, 6.45) is 6.00. The van der Waals surface area contributed by atoms with E-state index in [1.54, 1.807) is 17.3 Å². The molecule has 0 aromatic carbocycles. The van der Waals surface area contributed by atoms with E-state index in [4.69, 9.17) is 9.15 Å². The van der Waals surface area contributed by atoms with Gasteiger partial charge in [-0.1, -0.05) is 6.92 Å². The molecule has 0 aliphatic carbocycles. The molecule has 2 saturated heterocycles. The first-order chi connectivity index (χ1) is 13.7. The first kappa shape index (κ1) is 18.8. The van der Waals surface area contributed by atoms with Gasteiger partial charge in [0.25, 0.3) is 5.91 Å². The van der Waals surface area contributed by atoms with Crippen LogP contribution in [0.2, 0.25) is 0 Å². The predicted octanol–water partition coefficient (Wildman–Crippen LogP) is 1.04. The summed E-state index contributed by atoms with van der Waals surface area (Å²) in [4.78, 5) is 32.0. The number of anilines is 1. The number of ether oxygens (including phenoxy) is 1. The Labute approximate surface area is 164 Å². The van der Waals surface area contributed by atoms with Crippen LogP contribution in [0, 0.1) is 0 Å². The third-order valence-corrected chi connectivity index (χ3v) is 5.22. The highest BCUT2D eigenvalue weighted by Gasteiger charge is 2.27. The second-order valence-electron chi connectivity index (χ2n) is 7.09. The van der Waals surface area contributed by atoms with Crippen LogP contribution in [0.5, 0.6) is 0 Å². The van der Waals surface area contributed by atoms with Gasteiger partial charge in [0.1, 0.15) is 6.26 Å². The van der Waals surface area contributed by atoms with Gasteiger partial charge in [0.05, 0.1) is 19.3 Å². The molecule has 0 bridgehead atoms. The van der Waals surface area contributed by atoms with Gasteiger partial charge in [-0.3, -0.25) is 9.69 Å². The van der Waals surface area contributed by atoms with E-state index in [-0.39, 0.29) is 12.0 Å². The van der Waals surface area contributed by atoms with E-state index in [1.807, 2.05) is 6.07 Å². The highest BCUT2D eigenvalue weighted by Crippen LogP contribution is 2.15. The Bertz CT molecular complexity index is 775. The number of hydrogen-bond donors (Lipinski definition) is 0. The van der Waals surface area contributed by atoms with Gasteiger partial charge >= 0.3 is 0 Å². The molecule has 2 fully saturated rings. The van der Waals surface area contributed by atoms with E-state index in [0.29, 0.717) is 37.8 Å². The number of rotatable bonds is 5. The van der Waals surface area contributed by atoms with Crippen molar-refractivity contribution in [1.29, 1.82) is 0 Å². The van der Waals surface area contributed by atoms with Gasteiger partial charge in [-0.05, 0) is 12.5 Å². The molecule has 0 spiro atoms. The topological polar surface area (TPSA) is 87.8 Å². The maximum absolute atomic E-state index is 12.7. The number of carbonyl (C=O) groups excluding carboxylic acids is 1. The molecule has 0 N–H and O–H groups in total. The summed E-state index contributed by atoms with van der Waals surface area (Å²) >= 11 is 0. The summed E-state index contributed by atoms with van der Waals surface area (Å²) in [5.74, 6) is 1.26. The molecule has 0 radical (unpaired) electrons. The minimum atomic E-state index is -0.0807. The third kappa shape index (κ3) is 4.31. The molecule has 1 amide bonds. The first-order valence-corrected chi connectivity index (χ1v) is 9.82. The molecule has 1 unspecified atom stereocenters. The summed E-state index contributed by atoms with van der Waals surface area (Å²) < 4.78 is 11.2. The van der Waals surface area contributed by atoms with Crippen LogP contribution in [0.1, 0.15) is 29.7 Å². The molecular weight excluding hydrogens is 360 g/mol. The van der Waals surface area contributed by atoms with Gasteiger partial charge < -0.3 is 19.0 Å². The zero-order valence-corrected chi connectivity index (χ0v) is 16.2. The van der Waals surface area contributed by atoms with Crippen LogP contribution in [0.3, 0.4) is 0 Å². The molecule has 0 saturated carbocycles. The van der Waals surface area contributed by atoms with Crippen molar-refractivity contribution < 1.29 is 13.9 Å². The van der Waals surface area contributed by atoms with E-state index in [1.165, 1.54) is 6.26 Å². The van der Waals surface area contributed by atoms with E-state index >= 15 is 0 Å². The Morgan fingerprint density at radius 2 is 1.96 bits per heavy atom. The molecular formula is C19H26N6O3. The zero-order valence-electron chi connectivity index (χ0n) is 16.2. The fraction of sp³-hybridized carbons (Fsp3) is 0.579. The van der Waals surface area contributed by atoms with Crippen molar-refractivity contribution in [2.24, 2.45) is 0 Å². The Morgan fingerprint density at radius 1 is 1.18 bits per heavy atom. The quantitative estimate of drug-likeness (QED) is 0.753. The predicted molar refractivity (Wildman–Crippen MR) is 102 cm³/mol. The first-order valence-electron chi connectivity index (χ1n) is 9.82. The van der Waals surface area contributed by atoms with E-state index in [9.17, 15) is 4.79 Å². The molecule has 9 heteroatoms. The second kappa shape index (κ2) is 8.66. The van der Waals surface area contributed by atoms with Crippen LogP contribution in [-0.2, 0) is 11.3 Å². The second-order valence-corrected chi connectivity index (χ2v) is 7.09. The molecule has 1 atom stereocenters. The minimum absolute atomic E-state index is 0.0807. The molecule has 2 aromatic heterocycles. The van der Waals surface area contributed by atoms with Crippen molar-refractivity contribution >= 4 is 11.9 Å². The SMILES string of the molecule is CCC1CN(C(=O)c2coc(CN3CCN(c4ncccn4)CC3)n2)CCO1. The molecule has 2 aliphatic heterocycles. The Balaban J connectivity index is 1.30. The fourth-order valence-corrected chi connectivity index (χ4v) is 3.55. The van der Waals surface area contributed by atoms with Gasteiger partial charge in [-0.25, -0.2) is 15.0 Å². The van der Waals surface area contributed by atoms with Gasteiger partial charge in [-0.15, -0.1) is 0 Å². The van der Waals surface area contributed by atoms with E-state index in [2.05, 4.69) is 31.7 Å². The monoisotopic (exact) mass is 386 g/mol. The summed E-state index contributed by atoms with van der Waals surface area (Å²) in [7, 11) is 0. The number of nitrogens with zero attached hydrogens (tertiary/aromatic N) is 6. The average molecular weight is 386 g/mol. The highest BCUT2D eigenvalue weighted by molar-refractivity contribution is 5.92. The Morgan fingerprint density at radius 3 is 2.71 bits per heavy atom. The number of hydrogen-bond acceptors (Lipinski definition) is 8. The molecule has 28 heavy (non-hydrogen) atoms. The van der Waals surface area contributed by atoms with Crippen molar-refractivity contribution in [1.82, 2.24) is 24.8 Å². The normalized spacial score (nSPS) is 21.1. The molecule has 2 aromatic rings. The van der Waals surface area contributed by atoms with Crippen LogP contribution >= 0.6 is 0 Å². The van der Waals surface area contributed by atoms with Gasteiger partial charge in [0.15, 0.2) is 5.69 Å². The maximum atomic E-state index is 12.7. The molecule has 4 heterocycles. The molecule has 4 rings (SSSR count). The van der Waals surface area contributed by atoms with E-state index < -0.39 is 0 Å². The number of aromatic nitrogens is 3. The van der Waals surface area contributed by atoms with Crippen LogP contribution in [0.4, 0.5) is 5.95 Å². The maximum Gasteiger partial charge on any atom is 0.275 e. The van der Waals surface area contributed by atoms with Crippen molar-refractivity contribution in [3.63, 3.8) is 0 Å². The summed E-state index contributed by atoms with van der Waals surface area (Å²) in [5.41, 5.74) is 0.378. The minimum Gasteiger partial charge on any atom is -0.447 e. The number of morpholine rings is 1. The number of piperazine rings is 1. The molecule has 150 valence electrons. The lowest BCUT2D eigenvalue weighted by molar-refractivity contribution is -0.0228. The average Bonchev–Trinajstić information content (AvgIpc) is 3.23. The van der Waals surface area contributed by atoms with Crippen molar-refractivity contribution in [3.05, 3.63) is 36.3 Å². The van der Waals surface area contributed by atoms with Crippen LogP contribution in [0.15, 0.2) is 29.1 Å². The highest BCUT2D eigenvalue weighted by atomic mass is 16.5. The summed E-state index contributed by atoms with van der Waals surface area (Å²) in [5, 5.41) is 0. The van der Waals surface area contributed by atoms with Crippen LogP contribution in [0.25, 0.3) is 0 Å². The largest absolute Gasteiger partial charge is 0.447 e. The number of oxazole rings is 1. The molecule has 2 aliphatic rings. The Kier molecular flexibility index (Phi) is 5.82. The summed E-state index contributed by atoms with van der Waals surface area (Å²) in [6, 6.07) is 1.82.